The summed E-state index contributed by atoms with van der Waals surface area (Å²) >= 11 is 0. The Morgan fingerprint density at radius 1 is 1.31 bits per heavy atom. The van der Waals surface area contributed by atoms with Gasteiger partial charge in [-0.1, -0.05) is 0 Å². The van der Waals surface area contributed by atoms with Crippen LogP contribution < -0.4 is 4.72 Å². The number of ether oxygens (including phenoxy) is 2. The molecule has 0 aliphatic rings. The standard InChI is InChI=1S/C9H19NO5S/c1-3-15-9(11)8-14-7-5-4-6-10-16(2,12)13/h10H,3-8H2,1-2H3. The number of hydrogen-bond donors (Lipinski definition) is 1. The van der Waals surface area contributed by atoms with Crippen molar-refractivity contribution in [3.63, 3.8) is 0 Å². The fraction of sp³-hybridized carbons (Fsp3) is 0.889. The molecule has 0 aliphatic heterocycles. The summed E-state index contributed by atoms with van der Waals surface area (Å²) in [6.07, 6.45) is 2.49. The molecule has 96 valence electrons. The van der Waals surface area contributed by atoms with Crippen LogP contribution in [0.5, 0.6) is 0 Å². The van der Waals surface area contributed by atoms with Gasteiger partial charge in [0, 0.05) is 13.2 Å². The number of hydrogen-bond acceptors (Lipinski definition) is 5. The molecule has 0 fully saturated rings. The topological polar surface area (TPSA) is 81.7 Å². The van der Waals surface area contributed by atoms with E-state index in [9.17, 15) is 13.2 Å². The molecule has 0 spiro atoms. The van der Waals surface area contributed by atoms with E-state index in [4.69, 9.17) is 4.74 Å². The average Bonchev–Trinajstić information content (AvgIpc) is 2.15. The lowest BCUT2D eigenvalue weighted by Gasteiger charge is -2.04. The number of carbonyl (C=O) groups is 1. The monoisotopic (exact) mass is 253 g/mol. The van der Waals surface area contributed by atoms with Gasteiger partial charge in [-0.25, -0.2) is 17.9 Å². The van der Waals surface area contributed by atoms with Gasteiger partial charge >= 0.3 is 5.97 Å². The lowest BCUT2D eigenvalue weighted by atomic mass is 10.3. The first-order valence-corrected chi connectivity index (χ1v) is 7.03. The molecule has 1 N–H and O–H groups in total. The van der Waals surface area contributed by atoms with Crippen molar-refractivity contribution in [2.45, 2.75) is 19.8 Å². The molecule has 0 saturated carbocycles. The molecule has 0 aromatic carbocycles. The highest BCUT2D eigenvalue weighted by atomic mass is 32.2. The molecule has 7 heteroatoms. The summed E-state index contributed by atoms with van der Waals surface area (Å²) in [5.41, 5.74) is 0. The zero-order valence-corrected chi connectivity index (χ0v) is 10.5. The van der Waals surface area contributed by atoms with Crippen LogP contribution in [0.2, 0.25) is 0 Å². The Morgan fingerprint density at radius 2 is 2.00 bits per heavy atom. The number of nitrogens with one attached hydrogen (secondary N) is 1. The van der Waals surface area contributed by atoms with Gasteiger partial charge in [0.15, 0.2) is 0 Å². The van der Waals surface area contributed by atoms with Crippen LogP contribution in [0.15, 0.2) is 0 Å². The van der Waals surface area contributed by atoms with Gasteiger partial charge in [-0.3, -0.25) is 0 Å². The molecule has 16 heavy (non-hydrogen) atoms. The van der Waals surface area contributed by atoms with Crippen molar-refractivity contribution in [1.82, 2.24) is 4.72 Å². The fourth-order valence-electron chi connectivity index (χ4n) is 0.945. The Bertz CT molecular complexity index is 288. The highest BCUT2D eigenvalue weighted by Crippen LogP contribution is 1.90. The van der Waals surface area contributed by atoms with Crippen molar-refractivity contribution >= 4 is 16.0 Å². The van der Waals surface area contributed by atoms with Crippen LogP contribution in [0, 0.1) is 0 Å². The van der Waals surface area contributed by atoms with E-state index < -0.39 is 10.0 Å². The number of carbonyl (C=O) groups excluding carboxylic acids is 1. The largest absolute Gasteiger partial charge is 0.464 e. The maximum atomic E-state index is 10.8. The van der Waals surface area contributed by atoms with Gasteiger partial charge in [-0.2, -0.15) is 0 Å². The first-order valence-electron chi connectivity index (χ1n) is 5.13. The van der Waals surface area contributed by atoms with Gasteiger partial charge in [0.25, 0.3) is 0 Å². The Hall–Kier alpha value is -0.660. The number of sulfonamides is 1. The second-order valence-electron chi connectivity index (χ2n) is 3.23. The van der Waals surface area contributed by atoms with E-state index in [0.29, 0.717) is 32.6 Å². The zero-order chi connectivity index (χ0) is 12.4. The Labute approximate surface area is 96.4 Å². The molecular weight excluding hydrogens is 234 g/mol. The number of esters is 1. The molecule has 0 aliphatic carbocycles. The summed E-state index contributed by atoms with van der Waals surface area (Å²) in [6, 6.07) is 0. The Morgan fingerprint density at radius 3 is 2.56 bits per heavy atom. The van der Waals surface area contributed by atoms with Crippen molar-refractivity contribution in [3.8, 4) is 0 Å². The average molecular weight is 253 g/mol. The summed E-state index contributed by atoms with van der Waals surface area (Å²) in [7, 11) is -3.10. The van der Waals surface area contributed by atoms with Crippen molar-refractivity contribution in [2.24, 2.45) is 0 Å². The third kappa shape index (κ3) is 11.4. The summed E-state index contributed by atoms with van der Waals surface area (Å²) < 4.78 is 33.4. The molecule has 0 unspecified atom stereocenters. The van der Waals surface area contributed by atoms with Crippen molar-refractivity contribution in [2.75, 3.05) is 32.6 Å². The van der Waals surface area contributed by atoms with Crippen molar-refractivity contribution in [1.29, 1.82) is 0 Å². The minimum atomic E-state index is -3.10. The van der Waals surface area contributed by atoms with Crippen molar-refractivity contribution < 1.29 is 22.7 Å². The van der Waals surface area contributed by atoms with Crippen LogP contribution in [-0.2, 0) is 24.3 Å². The molecule has 0 atom stereocenters. The second-order valence-corrected chi connectivity index (χ2v) is 5.06. The number of rotatable bonds is 9. The minimum absolute atomic E-state index is 0.0483. The lowest BCUT2D eigenvalue weighted by Crippen LogP contribution is -2.23. The maximum Gasteiger partial charge on any atom is 0.332 e. The summed E-state index contributed by atoms with van der Waals surface area (Å²) in [6.45, 7) is 2.84. The first kappa shape index (κ1) is 15.3. The van der Waals surface area contributed by atoms with Crippen molar-refractivity contribution in [3.05, 3.63) is 0 Å². The van der Waals surface area contributed by atoms with Crippen LogP contribution >= 0.6 is 0 Å². The van der Waals surface area contributed by atoms with E-state index >= 15 is 0 Å². The second kappa shape index (κ2) is 8.49. The molecular formula is C9H19NO5S. The highest BCUT2D eigenvalue weighted by molar-refractivity contribution is 7.88. The molecule has 0 heterocycles. The van der Waals surface area contributed by atoms with E-state index in [1.54, 1.807) is 6.92 Å². The highest BCUT2D eigenvalue weighted by Gasteiger charge is 2.01. The molecule has 0 aromatic rings. The molecule has 0 radical (unpaired) electrons. The summed E-state index contributed by atoms with van der Waals surface area (Å²) in [4.78, 5) is 10.8. The van der Waals surface area contributed by atoms with E-state index in [0.717, 1.165) is 6.26 Å². The third-order valence-electron chi connectivity index (χ3n) is 1.60. The predicted octanol–water partition coefficient (Wildman–Crippen LogP) is -0.104. The normalized spacial score (nSPS) is 11.4. The third-order valence-corrected chi connectivity index (χ3v) is 2.33. The van der Waals surface area contributed by atoms with Gasteiger partial charge in [-0.05, 0) is 19.8 Å². The van der Waals surface area contributed by atoms with Gasteiger partial charge < -0.3 is 9.47 Å². The van der Waals surface area contributed by atoms with E-state index in [2.05, 4.69) is 9.46 Å². The Balaban J connectivity index is 3.25. The predicted molar refractivity (Wildman–Crippen MR) is 59.5 cm³/mol. The number of unbranched alkanes of at least 4 members (excludes halogenated alkanes) is 1. The van der Waals surface area contributed by atoms with Crippen LogP contribution in [-0.4, -0.2) is 47.0 Å². The van der Waals surface area contributed by atoms with Gasteiger partial charge in [0.1, 0.15) is 6.61 Å². The molecule has 0 amide bonds. The lowest BCUT2D eigenvalue weighted by molar-refractivity contribution is -0.148. The van der Waals surface area contributed by atoms with Gasteiger partial charge in [0.2, 0.25) is 10.0 Å². The fourth-order valence-corrected chi connectivity index (χ4v) is 1.46. The van der Waals surface area contributed by atoms with Crippen LogP contribution in [0.25, 0.3) is 0 Å². The maximum absolute atomic E-state index is 10.8. The van der Waals surface area contributed by atoms with E-state index in [-0.39, 0.29) is 12.6 Å². The summed E-state index contributed by atoms with van der Waals surface area (Å²) in [5.74, 6) is -0.378. The van der Waals surface area contributed by atoms with Gasteiger partial charge in [-0.15, -0.1) is 0 Å². The molecule has 6 nitrogen and oxygen atoms in total. The first-order chi connectivity index (χ1) is 7.45. The quantitative estimate of drug-likeness (QED) is 0.458. The van der Waals surface area contributed by atoms with Gasteiger partial charge in [0.05, 0.1) is 12.9 Å². The van der Waals surface area contributed by atoms with E-state index in [1.807, 2.05) is 0 Å². The Kier molecular flexibility index (Phi) is 8.14. The SMILES string of the molecule is CCOC(=O)COCCCCNS(C)(=O)=O. The minimum Gasteiger partial charge on any atom is -0.464 e. The van der Waals surface area contributed by atoms with Crippen LogP contribution in [0.1, 0.15) is 19.8 Å². The van der Waals surface area contributed by atoms with Crippen LogP contribution in [0.3, 0.4) is 0 Å². The zero-order valence-electron chi connectivity index (χ0n) is 9.69. The molecule has 0 bridgehead atoms. The molecule has 0 saturated heterocycles. The molecule has 0 aromatic heterocycles. The molecule has 0 rings (SSSR count). The smallest absolute Gasteiger partial charge is 0.332 e. The van der Waals surface area contributed by atoms with Crippen LogP contribution in [0.4, 0.5) is 0 Å². The van der Waals surface area contributed by atoms with E-state index in [1.165, 1.54) is 0 Å². The summed E-state index contributed by atoms with van der Waals surface area (Å²) in [5, 5.41) is 0.